The topological polar surface area (TPSA) is 59.8 Å². The van der Waals surface area contributed by atoms with Crippen LogP contribution in [0.15, 0.2) is 36.7 Å². The largest absolute Gasteiger partial charge is 0.294 e. The molecule has 2 fully saturated rings. The van der Waals surface area contributed by atoms with Crippen LogP contribution in [0.5, 0.6) is 0 Å². The summed E-state index contributed by atoms with van der Waals surface area (Å²) in [7, 11) is 0. The van der Waals surface area contributed by atoms with Gasteiger partial charge in [0.2, 0.25) is 11.9 Å². The molecule has 2 atom stereocenters. The van der Waals surface area contributed by atoms with E-state index >= 15 is 0 Å². The minimum absolute atomic E-state index is 0.0899. The van der Waals surface area contributed by atoms with Gasteiger partial charge in [-0.15, -0.1) is 10.2 Å². The van der Waals surface area contributed by atoms with E-state index in [-0.39, 0.29) is 11.8 Å². The minimum Gasteiger partial charge on any atom is -0.294 e. The molecule has 1 heterocycles. The van der Waals surface area contributed by atoms with E-state index in [1.807, 2.05) is 30.3 Å². The SMILES string of the molecule is O=C(Nc1nncn1-c1ccccc1)[C@H]1C[C@@H]1C1CC1. The molecule has 1 amide bonds. The number of amides is 1. The number of hydrogen-bond acceptors (Lipinski definition) is 3. The second-order valence-corrected chi connectivity index (χ2v) is 5.69. The average molecular weight is 268 g/mol. The van der Waals surface area contributed by atoms with Crippen LogP contribution in [0.2, 0.25) is 0 Å². The second kappa shape index (κ2) is 4.44. The first-order valence-corrected chi connectivity index (χ1v) is 7.09. The first-order valence-electron chi connectivity index (χ1n) is 7.09. The van der Waals surface area contributed by atoms with Crippen molar-refractivity contribution in [1.82, 2.24) is 14.8 Å². The molecule has 2 aliphatic rings. The molecule has 1 aromatic carbocycles. The predicted molar refractivity (Wildman–Crippen MR) is 74.3 cm³/mol. The predicted octanol–water partition coefficient (Wildman–Crippen LogP) is 2.25. The lowest BCUT2D eigenvalue weighted by Gasteiger charge is -2.07. The average Bonchev–Trinajstić information content (AvgIpc) is 3.36. The van der Waals surface area contributed by atoms with Gasteiger partial charge in [0.25, 0.3) is 0 Å². The fourth-order valence-electron chi connectivity index (χ4n) is 2.86. The van der Waals surface area contributed by atoms with E-state index in [1.165, 1.54) is 12.8 Å². The fourth-order valence-corrected chi connectivity index (χ4v) is 2.86. The molecule has 2 saturated carbocycles. The molecule has 4 rings (SSSR count). The number of para-hydroxylation sites is 1. The molecule has 5 nitrogen and oxygen atoms in total. The summed E-state index contributed by atoms with van der Waals surface area (Å²) in [6.45, 7) is 0. The fraction of sp³-hybridized carbons (Fsp3) is 0.400. The monoisotopic (exact) mass is 268 g/mol. The van der Waals surface area contributed by atoms with Crippen molar-refractivity contribution < 1.29 is 4.79 Å². The molecule has 20 heavy (non-hydrogen) atoms. The molecule has 1 aromatic heterocycles. The highest BCUT2D eigenvalue weighted by atomic mass is 16.2. The Hall–Kier alpha value is -2.17. The summed E-state index contributed by atoms with van der Waals surface area (Å²) < 4.78 is 1.80. The van der Waals surface area contributed by atoms with Crippen molar-refractivity contribution in [3.8, 4) is 5.69 Å². The van der Waals surface area contributed by atoms with Crippen LogP contribution in [0.1, 0.15) is 19.3 Å². The van der Waals surface area contributed by atoms with Crippen molar-refractivity contribution in [2.75, 3.05) is 5.32 Å². The van der Waals surface area contributed by atoms with Gasteiger partial charge in [-0.05, 0) is 43.2 Å². The third-order valence-corrected chi connectivity index (χ3v) is 4.22. The molecule has 0 unspecified atom stereocenters. The van der Waals surface area contributed by atoms with Crippen LogP contribution in [0.25, 0.3) is 5.69 Å². The van der Waals surface area contributed by atoms with Gasteiger partial charge in [0, 0.05) is 5.92 Å². The molecule has 102 valence electrons. The van der Waals surface area contributed by atoms with Crippen molar-refractivity contribution >= 4 is 11.9 Å². The maximum absolute atomic E-state index is 12.2. The zero-order chi connectivity index (χ0) is 13.5. The number of hydrogen-bond donors (Lipinski definition) is 1. The molecule has 2 aromatic rings. The Morgan fingerprint density at radius 2 is 2.05 bits per heavy atom. The summed E-state index contributed by atoms with van der Waals surface area (Å²) in [5.74, 6) is 2.19. The summed E-state index contributed by atoms with van der Waals surface area (Å²) in [5, 5.41) is 10.8. The van der Waals surface area contributed by atoms with Crippen molar-refractivity contribution in [3.63, 3.8) is 0 Å². The quantitative estimate of drug-likeness (QED) is 0.925. The molecular weight excluding hydrogens is 252 g/mol. The number of nitrogens with zero attached hydrogens (tertiary/aromatic N) is 3. The molecule has 0 bridgehead atoms. The van der Waals surface area contributed by atoms with E-state index < -0.39 is 0 Å². The number of carbonyl (C=O) groups is 1. The molecule has 0 spiro atoms. The van der Waals surface area contributed by atoms with Gasteiger partial charge in [-0.2, -0.15) is 0 Å². The van der Waals surface area contributed by atoms with E-state index in [0.29, 0.717) is 11.9 Å². The second-order valence-electron chi connectivity index (χ2n) is 5.69. The molecule has 5 heteroatoms. The maximum Gasteiger partial charge on any atom is 0.235 e. The highest BCUT2D eigenvalue weighted by Gasteiger charge is 2.51. The normalized spacial score (nSPS) is 24.4. The number of carbonyl (C=O) groups excluding carboxylic acids is 1. The van der Waals surface area contributed by atoms with Crippen molar-refractivity contribution in [1.29, 1.82) is 0 Å². The van der Waals surface area contributed by atoms with Gasteiger partial charge in [-0.3, -0.25) is 14.7 Å². The van der Waals surface area contributed by atoms with Gasteiger partial charge >= 0.3 is 0 Å². The molecule has 2 aliphatic carbocycles. The van der Waals surface area contributed by atoms with E-state index in [4.69, 9.17) is 0 Å². The Kier molecular flexibility index (Phi) is 2.58. The van der Waals surface area contributed by atoms with Gasteiger partial charge < -0.3 is 0 Å². The standard InChI is InChI=1S/C15H16N4O/c20-14(13-8-12(13)10-6-7-10)17-15-18-16-9-19(15)11-4-2-1-3-5-11/h1-5,9-10,12-13H,6-8H2,(H,17,18,20)/t12-,13+/m1/s1. The van der Waals surface area contributed by atoms with E-state index in [1.54, 1.807) is 10.9 Å². The lowest BCUT2D eigenvalue weighted by molar-refractivity contribution is -0.117. The Bertz CT molecular complexity index is 632. The molecule has 1 N–H and O–H groups in total. The number of anilines is 1. The summed E-state index contributed by atoms with van der Waals surface area (Å²) in [6, 6.07) is 9.78. The summed E-state index contributed by atoms with van der Waals surface area (Å²) in [5.41, 5.74) is 0.947. The van der Waals surface area contributed by atoms with Crippen LogP contribution in [-0.4, -0.2) is 20.7 Å². The van der Waals surface area contributed by atoms with Gasteiger partial charge in [-0.25, -0.2) is 0 Å². The highest BCUT2D eigenvalue weighted by Crippen LogP contribution is 2.54. The van der Waals surface area contributed by atoms with Crippen LogP contribution >= 0.6 is 0 Å². The van der Waals surface area contributed by atoms with Crippen LogP contribution in [0.4, 0.5) is 5.95 Å². The smallest absolute Gasteiger partial charge is 0.235 e. The highest BCUT2D eigenvalue weighted by molar-refractivity contribution is 5.93. The van der Waals surface area contributed by atoms with Crippen molar-refractivity contribution in [2.24, 2.45) is 17.8 Å². The molecule has 0 saturated heterocycles. The van der Waals surface area contributed by atoms with E-state index in [0.717, 1.165) is 18.0 Å². The van der Waals surface area contributed by atoms with Gasteiger partial charge in [-0.1, -0.05) is 18.2 Å². The first kappa shape index (κ1) is 11.6. The Morgan fingerprint density at radius 1 is 1.25 bits per heavy atom. The minimum atomic E-state index is 0.0899. The number of rotatable bonds is 4. The number of nitrogens with one attached hydrogen (secondary N) is 1. The van der Waals surface area contributed by atoms with Gasteiger partial charge in [0.15, 0.2) is 0 Å². The van der Waals surface area contributed by atoms with Gasteiger partial charge in [0.1, 0.15) is 6.33 Å². The third-order valence-electron chi connectivity index (χ3n) is 4.22. The van der Waals surface area contributed by atoms with Crippen molar-refractivity contribution in [3.05, 3.63) is 36.7 Å². The Labute approximate surface area is 117 Å². The maximum atomic E-state index is 12.2. The lowest BCUT2D eigenvalue weighted by atomic mass is 10.2. The number of aromatic nitrogens is 3. The molecule has 0 aliphatic heterocycles. The Morgan fingerprint density at radius 3 is 2.80 bits per heavy atom. The lowest BCUT2D eigenvalue weighted by Crippen LogP contribution is -2.18. The first-order chi connectivity index (χ1) is 9.83. The number of benzene rings is 1. The molecule has 0 radical (unpaired) electrons. The van der Waals surface area contributed by atoms with Crippen LogP contribution < -0.4 is 5.32 Å². The van der Waals surface area contributed by atoms with Crippen LogP contribution in [-0.2, 0) is 4.79 Å². The van der Waals surface area contributed by atoms with Crippen molar-refractivity contribution in [2.45, 2.75) is 19.3 Å². The summed E-state index contributed by atoms with van der Waals surface area (Å²) in [4.78, 5) is 12.2. The summed E-state index contributed by atoms with van der Waals surface area (Å²) in [6.07, 6.45) is 5.26. The third kappa shape index (κ3) is 2.09. The van der Waals surface area contributed by atoms with E-state index in [9.17, 15) is 4.79 Å². The van der Waals surface area contributed by atoms with Gasteiger partial charge in [0.05, 0.1) is 5.69 Å². The zero-order valence-corrected chi connectivity index (χ0v) is 11.1. The Balaban J connectivity index is 1.49. The van der Waals surface area contributed by atoms with Crippen LogP contribution in [0.3, 0.4) is 0 Å². The molecular formula is C15H16N4O. The van der Waals surface area contributed by atoms with Crippen LogP contribution in [0, 0.1) is 17.8 Å². The summed E-state index contributed by atoms with van der Waals surface area (Å²) >= 11 is 0. The zero-order valence-electron chi connectivity index (χ0n) is 11.1. The van der Waals surface area contributed by atoms with E-state index in [2.05, 4.69) is 15.5 Å².